The number of aryl methyl sites for hydroxylation is 1. The van der Waals surface area contributed by atoms with E-state index in [9.17, 15) is 4.39 Å². The topological polar surface area (TPSA) is 14.2 Å². The van der Waals surface area contributed by atoms with E-state index in [1.807, 2.05) is 0 Å². The van der Waals surface area contributed by atoms with Gasteiger partial charge in [-0.25, -0.2) is 4.39 Å². The lowest BCUT2D eigenvalue weighted by molar-refractivity contribution is 0.279. The van der Waals surface area contributed by atoms with Crippen LogP contribution < -0.4 is 4.74 Å². The fourth-order valence-electron chi connectivity index (χ4n) is 2.89. The summed E-state index contributed by atoms with van der Waals surface area (Å²) in [4.78, 5) is 0. The third kappa shape index (κ3) is 2.59. The van der Waals surface area contributed by atoms with Gasteiger partial charge in [0.05, 0.1) is 5.69 Å². The van der Waals surface area contributed by atoms with E-state index in [0.29, 0.717) is 18.4 Å². The lowest BCUT2D eigenvalue weighted by Crippen LogP contribution is -2.08. The summed E-state index contributed by atoms with van der Waals surface area (Å²) >= 11 is 0. The second-order valence-electron chi connectivity index (χ2n) is 5.83. The van der Waals surface area contributed by atoms with Crippen LogP contribution in [0.1, 0.15) is 31.1 Å². The van der Waals surface area contributed by atoms with Crippen molar-refractivity contribution in [2.24, 2.45) is 0 Å². The first-order chi connectivity index (χ1) is 10.6. The average molecular weight is 297 g/mol. The molecule has 0 amide bonds. The summed E-state index contributed by atoms with van der Waals surface area (Å²) in [7, 11) is 0. The van der Waals surface area contributed by atoms with Crippen molar-refractivity contribution in [3.8, 4) is 5.75 Å². The fourth-order valence-corrected chi connectivity index (χ4v) is 2.89. The molecule has 0 bridgehead atoms. The van der Waals surface area contributed by atoms with Gasteiger partial charge in [0.15, 0.2) is 11.6 Å². The minimum Gasteiger partial charge on any atom is -0.484 e. The van der Waals surface area contributed by atoms with E-state index in [1.54, 1.807) is 18.2 Å². The quantitative estimate of drug-likeness (QED) is 0.641. The van der Waals surface area contributed by atoms with Gasteiger partial charge in [-0.15, -0.1) is 0 Å². The molecule has 0 spiro atoms. The van der Waals surface area contributed by atoms with Gasteiger partial charge in [-0.05, 0) is 50.6 Å². The number of aromatic nitrogens is 1. The fraction of sp³-hybridized carbons (Fsp3) is 0.263. The number of benzene rings is 2. The molecule has 0 radical (unpaired) electrons. The maximum absolute atomic E-state index is 13.7. The highest BCUT2D eigenvalue weighted by atomic mass is 19.1. The van der Waals surface area contributed by atoms with Gasteiger partial charge in [0, 0.05) is 16.9 Å². The molecule has 1 aromatic heterocycles. The summed E-state index contributed by atoms with van der Waals surface area (Å²) in [6, 6.07) is 15.3. The molecule has 0 fully saturated rings. The summed E-state index contributed by atoms with van der Waals surface area (Å²) in [5.74, 6) is -0.0364. The molecule has 0 aliphatic carbocycles. The Morgan fingerprint density at radius 3 is 2.59 bits per heavy atom. The molecule has 0 unspecified atom stereocenters. The lowest BCUT2D eigenvalue weighted by atomic mass is 10.1. The number of fused-ring (bicyclic) bond motifs is 1. The van der Waals surface area contributed by atoms with E-state index < -0.39 is 0 Å². The summed E-state index contributed by atoms with van der Waals surface area (Å²) < 4.78 is 21.6. The molecule has 3 aromatic rings. The summed E-state index contributed by atoms with van der Waals surface area (Å²) in [6.45, 7) is 6.75. The summed E-state index contributed by atoms with van der Waals surface area (Å²) in [5, 5.41) is 1.23. The van der Waals surface area contributed by atoms with Crippen molar-refractivity contribution in [3.63, 3.8) is 0 Å². The molecule has 2 aromatic carbocycles. The third-order valence-corrected chi connectivity index (χ3v) is 3.91. The van der Waals surface area contributed by atoms with Crippen LogP contribution in [0.5, 0.6) is 5.75 Å². The van der Waals surface area contributed by atoms with Gasteiger partial charge in [0.25, 0.3) is 0 Å². The van der Waals surface area contributed by atoms with Crippen molar-refractivity contribution in [1.82, 2.24) is 4.57 Å². The highest BCUT2D eigenvalue weighted by Gasteiger charge is 2.13. The Bertz CT molecular complexity index is 804. The van der Waals surface area contributed by atoms with Gasteiger partial charge in [0.1, 0.15) is 6.61 Å². The standard InChI is InChI=1S/C19H20FNO/c1-13(2)21-15(11-16-14(3)7-6-9-18(16)21)12-22-19-10-5-4-8-17(19)20/h4-11,13H,12H2,1-3H3. The molecule has 0 N–H and O–H groups in total. The van der Waals surface area contributed by atoms with Crippen LogP contribution in [0.4, 0.5) is 4.39 Å². The van der Waals surface area contributed by atoms with Crippen molar-refractivity contribution < 1.29 is 9.13 Å². The summed E-state index contributed by atoms with van der Waals surface area (Å²) in [6.07, 6.45) is 0. The zero-order valence-corrected chi connectivity index (χ0v) is 13.1. The van der Waals surface area contributed by atoms with Gasteiger partial charge in [-0.1, -0.05) is 24.3 Å². The second kappa shape index (κ2) is 5.84. The maximum Gasteiger partial charge on any atom is 0.165 e. The molecule has 3 rings (SSSR count). The van der Waals surface area contributed by atoms with Crippen LogP contribution in [-0.2, 0) is 6.61 Å². The number of hydrogen-bond donors (Lipinski definition) is 0. The Morgan fingerprint density at radius 2 is 1.86 bits per heavy atom. The molecule has 0 aliphatic rings. The smallest absolute Gasteiger partial charge is 0.165 e. The minimum absolute atomic E-state index is 0.291. The maximum atomic E-state index is 13.7. The zero-order chi connectivity index (χ0) is 15.7. The average Bonchev–Trinajstić information content (AvgIpc) is 2.86. The second-order valence-corrected chi connectivity index (χ2v) is 5.83. The summed E-state index contributed by atoms with van der Waals surface area (Å²) in [5.41, 5.74) is 3.49. The van der Waals surface area contributed by atoms with Crippen molar-refractivity contribution in [3.05, 3.63) is 65.6 Å². The molecule has 22 heavy (non-hydrogen) atoms. The largest absolute Gasteiger partial charge is 0.484 e. The van der Waals surface area contributed by atoms with Crippen LogP contribution in [0.3, 0.4) is 0 Å². The first-order valence-electron chi connectivity index (χ1n) is 7.54. The van der Waals surface area contributed by atoms with Crippen molar-refractivity contribution in [2.45, 2.75) is 33.4 Å². The number of nitrogens with zero attached hydrogens (tertiary/aromatic N) is 1. The van der Waals surface area contributed by atoms with Crippen LogP contribution in [0.15, 0.2) is 48.5 Å². The molecule has 0 aliphatic heterocycles. The number of para-hydroxylation sites is 1. The molecule has 1 heterocycles. The third-order valence-electron chi connectivity index (χ3n) is 3.91. The van der Waals surface area contributed by atoms with Crippen LogP contribution in [-0.4, -0.2) is 4.57 Å². The molecule has 0 saturated carbocycles. The molecular weight excluding hydrogens is 277 g/mol. The van der Waals surface area contributed by atoms with Crippen molar-refractivity contribution >= 4 is 10.9 Å². The first-order valence-corrected chi connectivity index (χ1v) is 7.54. The van der Waals surface area contributed by atoms with Gasteiger partial charge in [-0.3, -0.25) is 0 Å². The van der Waals surface area contributed by atoms with Gasteiger partial charge in [-0.2, -0.15) is 0 Å². The van der Waals surface area contributed by atoms with Crippen LogP contribution in [0.25, 0.3) is 10.9 Å². The SMILES string of the molecule is Cc1cccc2c1cc(COc1ccccc1F)n2C(C)C. The van der Waals surface area contributed by atoms with Crippen LogP contribution in [0.2, 0.25) is 0 Å². The first kappa shape index (κ1) is 14.6. The van der Waals surface area contributed by atoms with Gasteiger partial charge < -0.3 is 9.30 Å². The Hall–Kier alpha value is -2.29. The van der Waals surface area contributed by atoms with Crippen LogP contribution >= 0.6 is 0 Å². The van der Waals surface area contributed by atoms with Crippen molar-refractivity contribution in [1.29, 1.82) is 0 Å². The number of hydrogen-bond acceptors (Lipinski definition) is 1. The normalized spacial score (nSPS) is 11.3. The minimum atomic E-state index is -0.328. The highest BCUT2D eigenvalue weighted by molar-refractivity contribution is 5.84. The number of halogens is 1. The molecule has 114 valence electrons. The lowest BCUT2D eigenvalue weighted by Gasteiger charge is -2.15. The van der Waals surface area contributed by atoms with E-state index in [0.717, 1.165) is 5.69 Å². The molecular formula is C19H20FNO. The molecule has 2 nitrogen and oxygen atoms in total. The monoisotopic (exact) mass is 297 g/mol. The number of rotatable bonds is 4. The zero-order valence-electron chi connectivity index (χ0n) is 13.1. The Morgan fingerprint density at radius 1 is 1.09 bits per heavy atom. The molecule has 3 heteroatoms. The Balaban J connectivity index is 1.98. The van der Waals surface area contributed by atoms with Crippen LogP contribution in [0, 0.1) is 12.7 Å². The highest BCUT2D eigenvalue weighted by Crippen LogP contribution is 2.28. The number of ether oxygens (including phenoxy) is 1. The van der Waals surface area contributed by atoms with Gasteiger partial charge in [0.2, 0.25) is 0 Å². The van der Waals surface area contributed by atoms with E-state index in [4.69, 9.17) is 4.74 Å². The van der Waals surface area contributed by atoms with Crippen molar-refractivity contribution in [2.75, 3.05) is 0 Å². The predicted molar refractivity (Wildman–Crippen MR) is 87.8 cm³/mol. The molecule has 0 saturated heterocycles. The molecule has 0 atom stereocenters. The Kier molecular flexibility index (Phi) is 3.88. The Labute approximate surface area is 130 Å². The van der Waals surface area contributed by atoms with E-state index in [2.05, 4.69) is 49.6 Å². The van der Waals surface area contributed by atoms with E-state index >= 15 is 0 Å². The van der Waals surface area contributed by atoms with Gasteiger partial charge >= 0.3 is 0 Å². The van der Waals surface area contributed by atoms with E-state index in [-0.39, 0.29) is 5.82 Å². The van der Waals surface area contributed by atoms with E-state index in [1.165, 1.54) is 22.5 Å². The predicted octanol–water partition coefficient (Wildman–Crippen LogP) is 5.25.